The van der Waals surface area contributed by atoms with Gasteiger partial charge in [0.05, 0.1) is 7.11 Å². The van der Waals surface area contributed by atoms with Gasteiger partial charge in [0.2, 0.25) is 0 Å². The molecule has 2 heteroatoms. The summed E-state index contributed by atoms with van der Waals surface area (Å²) in [5.41, 5.74) is 2.17. The normalized spacial score (nSPS) is 10.6. The minimum atomic E-state index is 0.159. The van der Waals surface area contributed by atoms with Crippen molar-refractivity contribution >= 4 is 10.8 Å². The fourth-order valence-electron chi connectivity index (χ4n) is 2.32. The molecule has 0 aliphatic rings. The zero-order valence-electron chi connectivity index (χ0n) is 10.6. The zero-order chi connectivity index (χ0) is 13.2. The summed E-state index contributed by atoms with van der Waals surface area (Å²) in [4.78, 5) is 0. The van der Waals surface area contributed by atoms with Crippen molar-refractivity contribution in [2.75, 3.05) is 7.11 Å². The summed E-state index contributed by atoms with van der Waals surface area (Å²) >= 11 is 0. The quantitative estimate of drug-likeness (QED) is 0.737. The third-order valence-corrected chi connectivity index (χ3v) is 3.28. The van der Waals surface area contributed by atoms with E-state index in [1.807, 2.05) is 30.3 Å². The molecule has 0 amide bonds. The summed E-state index contributed by atoms with van der Waals surface area (Å²) in [5.74, 6) is 0.650. The average Bonchev–Trinajstić information content (AvgIpc) is 2.47. The molecule has 0 fully saturated rings. The molecule has 3 aromatic rings. The first kappa shape index (κ1) is 11.6. The van der Waals surface area contributed by atoms with Crippen LogP contribution in [0.4, 0.5) is 0 Å². The van der Waals surface area contributed by atoms with Gasteiger partial charge in [-0.15, -0.1) is 0 Å². The molecule has 1 N–H and O–H groups in total. The number of hydrogen-bond donors (Lipinski definition) is 1. The Bertz CT molecular complexity index is 727. The van der Waals surface area contributed by atoms with Gasteiger partial charge in [0.1, 0.15) is 0 Å². The SMILES string of the molecule is COc1cc(-c2cccc3ccccc23)ccc1O. The van der Waals surface area contributed by atoms with Gasteiger partial charge < -0.3 is 9.84 Å². The van der Waals surface area contributed by atoms with Gasteiger partial charge in [-0.2, -0.15) is 0 Å². The van der Waals surface area contributed by atoms with Crippen LogP contribution in [-0.2, 0) is 0 Å². The van der Waals surface area contributed by atoms with Gasteiger partial charge in [0, 0.05) is 0 Å². The van der Waals surface area contributed by atoms with Gasteiger partial charge in [-0.05, 0) is 34.0 Å². The molecule has 0 radical (unpaired) electrons. The fourth-order valence-corrected chi connectivity index (χ4v) is 2.32. The van der Waals surface area contributed by atoms with Gasteiger partial charge in [-0.1, -0.05) is 48.5 Å². The molecule has 0 spiro atoms. The largest absolute Gasteiger partial charge is 0.504 e. The minimum absolute atomic E-state index is 0.159. The predicted octanol–water partition coefficient (Wildman–Crippen LogP) is 4.22. The van der Waals surface area contributed by atoms with E-state index in [4.69, 9.17) is 4.74 Å². The predicted molar refractivity (Wildman–Crippen MR) is 77.6 cm³/mol. The summed E-state index contributed by atoms with van der Waals surface area (Å²) in [6.45, 7) is 0. The first-order chi connectivity index (χ1) is 9.29. The van der Waals surface area contributed by atoms with Crippen molar-refractivity contribution in [3.63, 3.8) is 0 Å². The van der Waals surface area contributed by atoms with Crippen molar-refractivity contribution in [2.45, 2.75) is 0 Å². The van der Waals surface area contributed by atoms with Crippen LogP contribution in [0.15, 0.2) is 60.7 Å². The lowest BCUT2D eigenvalue weighted by molar-refractivity contribution is 0.373. The number of aromatic hydroxyl groups is 1. The molecule has 0 aliphatic carbocycles. The summed E-state index contributed by atoms with van der Waals surface area (Å²) in [6, 6.07) is 19.9. The number of fused-ring (bicyclic) bond motifs is 1. The molecule has 0 bridgehead atoms. The lowest BCUT2D eigenvalue weighted by atomic mass is 9.98. The number of ether oxygens (including phenoxy) is 1. The van der Waals surface area contributed by atoms with E-state index in [1.54, 1.807) is 13.2 Å². The van der Waals surface area contributed by atoms with Gasteiger partial charge in [0.25, 0.3) is 0 Å². The third-order valence-electron chi connectivity index (χ3n) is 3.28. The van der Waals surface area contributed by atoms with Crippen molar-refractivity contribution in [1.82, 2.24) is 0 Å². The molecule has 3 aromatic carbocycles. The molecule has 0 saturated carbocycles. The van der Waals surface area contributed by atoms with E-state index in [1.165, 1.54) is 10.8 Å². The Morgan fingerprint density at radius 3 is 2.53 bits per heavy atom. The van der Waals surface area contributed by atoms with E-state index in [0.29, 0.717) is 5.75 Å². The number of rotatable bonds is 2. The third kappa shape index (κ3) is 2.02. The average molecular weight is 250 g/mol. The van der Waals surface area contributed by atoms with E-state index < -0.39 is 0 Å². The van der Waals surface area contributed by atoms with E-state index in [0.717, 1.165) is 11.1 Å². The van der Waals surface area contributed by atoms with Gasteiger partial charge in [-0.25, -0.2) is 0 Å². The summed E-state index contributed by atoms with van der Waals surface area (Å²) in [6.07, 6.45) is 0. The first-order valence-corrected chi connectivity index (χ1v) is 6.15. The van der Waals surface area contributed by atoms with E-state index in [2.05, 4.69) is 24.3 Å². The Morgan fingerprint density at radius 2 is 1.68 bits per heavy atom. The standard InChI is InChI=1S/C17H14O2/c1-19-17-11-13(9-10-16(17)18)15-8-4-6-12-5-2-3-7-14(12)15/h2-11,18H,1H3. The summed E-state index contributed by atoms with van der Waals surface area (Å²) in [7, 11) is 1.56. The summed E-state index contributed by atoms with van der Waals surface area (Å²) in [5, 5.41) is 12.1. The number of methoxy groups -OCH3 is 1. The van der Waals surface area contributed by atoms with Crippen LogP contribution in [0.1, 0.15) is 0 Å². The maximum absolute atomic E-state index is 9.67. The Kier molecular flexibility index (Phi) is 2.84. The highest BCUT2D eigenvalue weighted by Gasteiger charge is 2.07. The van der Waals surface area contributed by atoms with Gasteiger partial charge in [0.15, 0.2) is 11.5 Å². The van der Waals surface area contributed by atoms with Gasteiger partial charge >= 0.3 is 0 Å². The highest BCUT2D eigenvalue weighted by atomic mass is 16.5. The topological polar surface area (TPSA) is 29.5 Å². The van der Waals surface area contributed by atoms with Crippen molar-refractivity contribution in [3.05, 3.63) is 60.7 Å². The minimum Gasteiger partial charge on any atom is -0.504 e. The molecule has 0 atom stereocenters. The molecule has 0 aliphatic heterocycles. The lowest BCUT2D eigenvalue weighted by Crippen LogP contribution is -1.86. The molecule has 0 heterocycles. The Balaban J connectivity index is 2.24. The van der Waals surface area contributed by atoms with Crippen molar-refractivity contribution < 1.29 is 9.84 Å². The van der Waals surface area contributed by atoms with E-state index in [9.17, 15) is 5.11 Å². The van der Waals surface area contributed by atoms with Crippen LogP contribution in [0.3, 0.4) is 0 Å². The van der Waals surface area contributed by atoms with E-state index >= 15 is 0 Å². The van der Waals surface area contributed by atoms with Crippen molar-refractivity contribution in [2.24, 2.45) is 0 Å². The van der Waals surface area contributed by atoms with Crippen molar-refractivity contribution in [1.29, 1.82) is 0 Å². The van der Waals surface area contributed by atoms with Crippen LogP contribution < -0.4 is 4.74 Å². The zero-order valence-corrected chi connectivity index (χ0v) is 10.6. The molecular weight excluding hydrogens is 236 g/mol. The second-order valence-electron chi connectivity index (χ2n) is 4.41. The van der Waals surface area contributed by atoms with Gasteiger partial charge in [-0.3, -0.25) is 0 Å². The second kappa shape index (κ2) is 4.65. The number of phenolic OH excluding ortho intramolecular Hbond substituents is 1. The molecule has 3 rings (SSSR count). The fraction of sp³-hybridized carbons (Fsp3) is 0.0588. The van der Waals surface area contributed by atoms with Crippen molar-refractivity contribution in [3.8, 4) is 22.6 Å². The van der Waals surface area contributed by atoms with Crippen LogP contribution >= 0.6 is 0 Å². The molecule has 0 unspecified atom stereocenters. The van der Waals surface area contributed by atoms with Crippen LogP contribution in [0, 0.1) is 0 Å². The van der Waals surface area contributed by atoms with Crippen LogP contribution in [-0.4, -0.2) is 12.2 Å². The molecule has 94 valence electrons. The number of hydrogen-bond acceptors (Lipinski definition) is 2. The van der Waals surface area contributed by atoms with Crippen LogP contribution in [0.25, 0.3) is 21.9 Å². The highest BCUT2D eigenvalue weighted by molar-refractivity contribution is 5.96. The Labute approximate surface area is 111 Å². The maximum atomic E-state index is 9.67. The molecular formula is C17H14O2. The number of phenols is 1. The van der Waals surface area contributed by atoms with Crippen LogP contribution in [0.2, 0.25) is 0 Å². The smallest absolute Gasteiger partial charge is 0.161 e. The lowest BCUT2D eigenvalue weighted by Gasteiger charge is -2.09. The molecule has 0 saturated heterocycles. The second-order valence-corrected chi connectivity index (χ2v) is 4.41. The molecule has 0 aromatic heterocycles. The number of benzene rings is 3. The Hall–Kier alpha value is -2.48. The maximum Gasteiger partial charge on any atom is 0.161 e. The van der Waals surface area contributed by atoms with Crippen LogP contribution in [0.5, 0.6) is 11.5 Å². The molecule has 2 nitrogen and oxygen atoms in total. The van der Waals surface area contributed by atoms with E-state index in [-0.39, 0.29) is 5.75 Å². The Morgan fingerprint density at radius 1 is 0.895 bits per heavy atom. The highest BCUT2D eigenvalue weighted by Crippen LogP contribution is 2.34. The molecule has 19 heavy (non-hydrogen) atoms. The monoisotopic (exact) mass is 250 g/mol. The first-order valence-electron chi connectivity index (χ1n) is 6.15. The summed E-state index contributed by atoms with van der Waals surface area (Å²) < 4.78 is 5.17.